The largest absolute Gasteiger partial charge is 0.586 e. The third-order valence-corrected chi connectivity index (χ3v) is 5.70. The number of fused-ring (bicyclic) bond motifs is 2. The van der Waals surface area contributed by atoms with E-state index in [0.29, 0.717) is 11.3 Å². The van der Waals surface area contributed by atoms with Gasteiger partial charge in [-0.05, 0) is 35.4 Å². The zero-order chi connectivity index (χ0) is 25.1. The summed E-state index contributed by atoms with van der Waals surface area (Å²) in [7, 11) is 0. The Morgan fingerprint density at radius 1 is 0.833 bits per heavy atom. The first-order valence-electron chi connectivity index (χ1n) is 10.7. The molecular formula is C24H15F4N3O5. The topological polar surface area (TPSA) is 81.6 Å². The molecule has 0 aliphatic carbocycles. The number of halogens is 4. The maximum atomic E-state index is 13.5. The van der Waals surface area contributed by atoms with E-state index in [1.54, 1.807) is 18.2 Å². The minimum Gasteiger partial charge on any atom is -0.395 e. The minimum atomic E-state index is -3.78. The highest BCUT2D eigenvalue weighted by Crippen LogP contribution is 2.44. The van der Waals surface area contributed by atoms with Crippen LogP contribution in [0.15, 0.2) is 71.8 Å². The van der Waals surface area contributed by atoms with E-state index < -0.39 is 24.5 Å². The van der Waals surface area contributed by atoms with Gasteiger partial charge in [0.2, 0.25) is 0 Å². The van der Waals surface area contributed by atoms with Gasteiger partial charge in [-0.2, -0.15) is 5.10 Å². The number of hydrogen-bond acceptors (Lipinski definition) is 6. The van der Waals surface area contributed by atoms with Crippen LogP contribution in [0.25, 0.3) is 0 Å². The summed E-state index contributed by atoms with van der Waals surface area (Å²) in [4.78, 5) is 13.0. The van der Waals surface area contributed by atoms with Gasteiger partial charge >= 0.3 is 18.6 Å². The summed E-state index contributed by atoms with van der Waals surface area (Å²) in [6.45, 7) is 0.0781. The fraction of sp³-hybridized carbons (Fsp3) is 0.167. The number of benzene rings is 3. The predicted molar refractivity (Wildman–Crippen MR) is 117 cm³/mol. The highest BCUT2D eigenvalue weighted by molar-refractivity contribution is 6.08. The van der Waals surface area contributed by atoms with Gasteiger partial charge in [0.15, 0.2) is 23.0 Å². The summed E-state index contributed by atoms with van der Waals surface area (Å²) in [6.07, 6.45) is -7.54. The van der Waals surface area contributed by atoms with Crippen molar-refractivity contribution in [3.63, 3.8) is 0 Å². The first-order valence-corrected chi connectivity index (χ1v) is 10.7. The Hall–Kier alpha value is -4.48. The van der Waals surface area contributed by atoms with Gasteiger partial charge in [-0.15, -0.1) is 17.6 Å². The van der Waals surface area contributed by atoms with Crippen LogP contribution in [0.3, 0.4) is 0 Å². The smallest absolute Gasteiger partial charge is 0.395 e. The van der Waals surface area contributed by atoms with Gasteiger partial charge in [0.25, 0.3) is 0 Å². The maximum Gasteiger partial charge on any atom is 0.586 e. The average molecular weight is 501 g/mol. The highest BCUT2D eigenvalue weighted by Gasteiger charge is 2.45. The van der Waals surface area contributed by atoms with Crippen LogP contribution in [0.5, 0.6) is 23.0 Å². The van der Waals surface area contributed by atoms with Crippen molar-refractivity contribution >= 4 is 17.4 Å². The lowest BCUT2D eigenvalue weighted by atomic mass is 9.90. The van der Waals surface area contributed by atoms with E-state index in [9.17, 15) is 22.4 Å². The summed E-state index contributed by atoms with van der Waals surface area (Å²) < 4.78 is 71.4. The summed E-state index contributed by atoms with van der Waals surface area (Å²) in [5.74, 6) is -1.07. The van der Waals surface area contributed by atoms with Crippen LogP contribution in [0.1, 0.15) is 17.0 Å². The fourth-order valence-electron chi connectivity index (χ4n) is 4.16. The second-order valence-electron chi connectivity index (χ2n) is 8.12. The summed E-state index contributed by atoms with van der Waals surface area (Å²) >= 11 is 0. The molecule has 3 aromatic rings. The number of carbonyl (C=O) groups is 1. The maximum absolute atomic E-state index is 13.5. The molecule has 3 aliphatic heterocycles. The first kappa shape index (κ1) is 22.0. The molecular weight excluding hydrogens is 486 g/mol. The summed E-state index contributed by atoms with van der Waals surface area (Å²) in [6, 6.07) is 16.7. The van der Waals surface area contributed by atoms with E-state index in [1.807, 2.05) is 18.2 Å². The lowest BCUT2D eigenvalue weighted by Gasteiger charge is -2.16. The average Bonchev–Trinajstić information content (AvgIpc) is 3.49. The monoisotopic (exact) mass is 501 g/mol. The Labute approximate surface area is 200 Å². The molecule has 0 radical (unpaired) electrons. The molecule has 0 bridgehead atoms. The van der Waals surface area contributed by atoms with E-state index in [4.69, 9.17) is 0 Å². The molecule has 0 spiro atoms. The molecule has 1 atom stereocenters. The highest BCUT2D eigenvalue weighted by atomic mass is 19.3. The first-order chi connectivity index (χ1) is 17.2. The van der Waals surface area contributed by atoms with Gasteiger partial charge in [-0.3, -0.25) is 0 Å². The lowest BCUT2D eigenvalue weighted by Crippen LogP contribution is -2.30. The van der Waals surface area contributed by atoms with Crippen molar-refractivity contribution in [1.29, 1.82) is 0 Å². The number of anilines is 1. The molecule has 2 amide bonds. The second kappa shape index (κ2) is 7.77. The summed E-state index contributed by atoms with van der Waals surface area (Å²) in [5, 5.41) is 8.24. The Balaban J connectivity index is 1.27. The van der Waals surface area contributed by atoms with Gasteiger partial charge in [-0.25, -0.2) is 9.80 Å². The van der Waals surface area contributed by atoms with E-state index in [0.717, 1.165) is 5.56 Å². The molecule has 0 saturated carbocycles. The SMILES string of the molecule is O=C(Nc1ccc2c(c1)OC(F)(F)O2)N1CC(c2ccc3c(c2)OC(F)(F)O3)C(c2ccccc2)=N1. The van der Waals surface area contributed by atoms with Crippen LogP contribution in [0.2, 0.25) is 0 Å². The number of alkyl halides is 4. The molecule has 0 saturated heterocycles. The lowest BCUT2D eigenvalue weighted by molar-refractivity contribution is -0.287. The van der Waals surface area contributed by atoms with E-state index in [2.05, 4.69) is 29.4 Å². The number of ether oxygens (including phenoxy) is 4. The zero-order valence-corrected chi connectivity index (χ0v) is 18.1. The van der Waals surface area contributed by atoms with Crippen molar-refractivity contribution in [3.05, 3.63) is 77.9 Å². The van der Waals surface area contributed by atoms with E-state index in [1.165, 1.54) is 35.3 Å². The number of amides is 2. The van der Waals surface area contributed by atoms with Crippen molar-refractivity contribution < 1.29 is 41.3 Å². The number of hydrazone groups is 1. The van der Waals surface area contributed by atoms with Crippen molar-refractivity contribution in [2.45, 2.75) is 18.5 Å². The molecule has 12 heteroatoms. The van der Waals surface area contributed by atoms with Crippen LogP contribution in [-0.2, 0) is 0 Å². The van der Waals surface area contributed by atoms with Gasteiger partial charge in [0.1, 0.15) is 0 Å². The molecule has 184 valence electrons. The molecule has 36 heavy (non-hydrogen) atoms. The van der Waals surface area contributed by atoms with E-state index >= 15 is 0 Å². The number of nitrogens with one attached hydrogen (secondary N) is 1. The standard InChI is InChI=1S/C24H15F4N3O5/c25-23(26)33-17-8-6-14(10-19(17)35-23)16-12-31(30-21(16)13-4-2-1-3-5-13)22(32)29-15-7-9-18-20(11-15)36-24(27,28)34-18/h1-11,16H,12H2,(H,29,32). The van der Waals surface area contributed by atoms with Crippen molar-refractivity contribution in [1.82, 2.24) is 5.01 Å². The number of carbonyl (C=O) groups excluding carboxylic acids is 1. The molecule has 1 N–H and O–H groups in total. The third-order valence-electron chi connectivity index (χ3n) is 5.70. The van der Waals surface area contributed by atoms with Crippen LogP contribution < -0.4 is 24.3 Å². The van der Waals surface area contributed by atoms with Gasteiger partial charge in [0, 0.05) is 17.7 Å². The van der Waals surface area contributed by atoms with Crippen molar-refractivity contribution in [2.75, 3.05) is 11.9 Å². The van der Waals surface area contributed by atoms with Crippen molar-refractivity contribution in [2.24, 2.45) is 5.10 Å². The number of nitrogens with zero attached hydrogens (tertiary/aromatic N) is 2. The molecule has 3 aromatic carbocycles. The Morgan fingerprint density at radius 2 is 1.44 bits per heavy atom. The molecule has 1 unspecified atom stereocenters. The third kappa shape index (κ3) is 4.00. The molecule has 6 rings (SSSR count). The predicted octanol–water partition coefficient (Wildman–Crippen LogP) is 5.37. The Bertz CT molecular complexity index is 1400. The quantitative estimate of drug-likeness (QED) is 0.489. The normalized spacial score (nSPS) is 20.3. The van der Waals surface area contributed by atoms with Crippen molar-refractivity contribution in [3.8, 4) is 23.0 Å². The number of rotatable bonds is 3. The van der Waals surface area contributed by atoms with Crippen LogP contribution in [-0.4, -0.2) is 35.9 Å². The molecule has 3 aliphatic rings. The second-order valence-corrected chi connectivity index (χ2v) is 8.12. The fourth-order valence-corrected chi connectivity index (χ4v) is 4.16. The van der Waals surface area contributed by atoms with Crippen LogP contribution in [0.4, 0.5) is 28.0 Å². The van der Waals surface area contributed by atoms with Gasteiger partial charge < -0.3 is 24.3 Å². The number of hydrogen-bond donors (Lipinski definition) is 1. The molecule has 0 fully saturated rings. The van der Waals surface area contributed by atoms with Crippen LogP contribution >= 0.6 is 0 Å². The molecule has 3 heterocycles. The van der Waals surface area contributed by atoms with E-state index in [-0.39, 0.29) is 35.2 Å². The molecule has 8 nitrogen and oxygen atoms in total. The minimum absolute atomic E-state index is 0.0781. The van der Waals surface area contributed by atoms with Gasteiger partial charge in [-0.1, -0.05) is 36.4 Å². The number of urea groups is 1. The zero-order valence-electron chi connectivity index (χ0n) is 18.1. The Kier molecular flexibility index (Phi) is 4.75. The molecule has 0 aromatic heterocycles. The summed E-state index contributed by atoms with van der Waals surface area (Å²) in [5.41, 5.74) is 2.02. The Morgan fingerprint density at radius 3 is 2.14 bits per heavy atom. The van der Waals surface area contributed by atoms with Gasteiger partial charge in [0.05, 0.1) is 12.3 Å². The van der Waals surface area contributed by atoms with Crippen LogP contribution in [0, 0.1) is 0 Å².